The molecule has 2 rings (SSSR count). The molecule has 1 aromatic heterocycles. The number of furan rings is 1. The molecule has 0 radical (unpaired) electrons. The molecular formula is C13H20N2O3. The van der Waals surface area contributed by atoms with Crippen molar-refractivity contribution >= 4 is 5.97 Å². The van der Waals surface area contributed by atoms with E-state index in [-0.39, 0.29) is 5.56 Å². The zero-order chi connectivity index (χ0) is 13.3. The Hall–Kier alpha value is -1.33. The van der Waals surface area contributed by atoms with Crippen LogP contribution in [0.1, 0.15) is 30.0 Å². The van der Waals surface area contributed by atoms with Gasteiger partial charge < -0.3 is 9.52 Å². The highest BCUT2D eigenvalue weighted by molar-refractivity contribution is 5.88. The van der Waals surface area contributed by atoms with Crippen LogP contribution in [0.4, 0.5) is 0 Å². The van der Waals surface area contributed by atoms with Crippen molar-refractivity contribution in [2.45, 2.75) is 32.5 Å². The molecule has 1 aliphatic rings. The van der Waals surface area contributed by atoms with Crippen molar-refractivity contribution in [3.63, 3.8) is 0 Å². The molecule has 1 fully saturated rings. The van der Waals surface area contributed by atoms with Crippen molar-refractivity contribution in [3.8, 4) is 0 Å². The van der Waals surface area contributed by atoms with E-state index >= 15 is 0 Å². The second-order valence-corrected chi connectivity index (χ2v) is 5.12. The molecular weight excluding hydrogens is 232 g/mol. The maximum atomic E-state index is 11.0. The number of nitrogens with zero attached hydrogens (tertiary/aromatic N) is 2. The average molecular weight is 252 g/mol. The molecule has 2 unspecified atom stereocenters. The molecule has 2 atom stereocenters. The lowest BCUT2D eigenvalue weighted by molar-refractivity contribution is 0.0509. The third-order valence-corrected chi connectivity index (χ3v) is 3.78. The summed E-state index contributed by atoms with van der Waals surface area (Å²) in [5.74, 6) is -0.375. The largest absolute Gasteiger partial charge is 0.478 e. The molecule has 0 aliphatic carbocycles. The summed E-state index contributed by atoms with van der Waals surface area (Å²) in [4.78, 5) is 15.6. The van der Waals surface area contributed by atoms with Crippen LogP contribution in [0.3, 0.4) is 0 Å². The quantitative estimate of drug-likeness (QED) is 0.883. The fourth-order valence-corrected chi connectivity index (χ4v) is 2.50. The first-order chi connectivity index (χ1) is 8.49. The van der Waals surface area contributed by atoms with Gasteiger partial charge in [0.2, 0.25) is 0 Å². The molecule has 5 heteroatoms. The summed E-state index contributed by atoms with van der Waals surface area (Å²) in [6.07, 6.45) is 1.45. The molecule has 1 saturated heterocycles. The number of carbonyl (C=O) groups is 1. The summed E-state index contributed by atoms with van der Waals surface area (Å²) in [5.41, 5.74) is 0.272. The Morgan fingerprint density at radius 2 is 2.06 bits per heavy atom. The van der Waals surface area contributed by atoms with Crippen molar-refractivity contribution < 1.29 is 14.3 Å². The number of rotatable bonds is 3. The van der Waals surface area contributed by atoms with E-state index in [2.05, 4.69) is 30.7 Å². The maximum absolute atomic E-state index is 11.0. The summed E-state index contributed by atoms with van der Waals surface area (Å²) in [5, 5.41) is 9.04. The van der Waals surface area contributed by atoms with E-state index < -0.39 is 5.97 Å². The fourth-order valence-electron chi connectivity index (χ4n) is 2.50. The van der Waals surface area contributed by atoms with Gasteiger partial charge in [0.1, 0.15) is 11.3 Å². The van der Waals surface area contributed by atoms with Gasteiger partial charge in [-0.05, 0) is 27.0 Å². The Balaban J connectivity index is 2.06. The zero-order valence-electron chi connectivity index (χ0n) is 11.1. The SMILES string of the molecule is CC1CN(Cc2occc2C(=O)O)CC(C)N1C. The third-order valence-electron chi connectivity index (χ3n) is 3.78. The van der Waals surface area contributed by atoms with Gasteiger partial charge in [0.25, 0.3) is 0 Å². The van der Waals surface area contributed by atoms with Crippen LogP contribution >= 0.6 is 0 Å². The minimum Gasteiger partial charge on any atom is -0.478 e. The van der Waals surface area contributed by atoms with Gasteiger partial charge in [0.05, 0.1) is 12.8 Å². The van der Waals surface area contributed by atoms with Gasteiger partial charge in [-0.25, -0.2) is 4.79 Å². The highest BCUT2D eigenvalue weighted by Crippen LogP contribution is 2.18. The Morgan fingerprint density at radius 3 is 2.61 bits per heavy atom. The molecule has 1 aromatic rings. The summed E-state index contributed by atoms with van der Waals surface area (Å²) in [6, 6.07) is 2.45. The van der Waals surface area contributed by atoms with E-state index in [0.717, 1.165) is 13.1 Å². The molecule has 0 spiro atoms. The van der Waals surface area contributed by atoms with Crippen molar-refractivity contribution in [1.29, 1.82) is 0 Å². The minimum atomic E-state index is -0.922. The first kappa shape index (κ1) is 13.1. The van der Waals surface area contributed by atoms with Crippen LogP contribution in [0.2, 0.25) is 0 Å². The monoisotopic (exact) mass is 252 g/mol. The molecule has 1 N–H and O–H groups in total. The van der Waals surface area contributed by atoms with Gasteiger partial charge >= 0.3 is 5.97 Å². The van der Waals surface area contributed by atoms with Gasteiger partial charge in [-0.1, -0.05) is 0 Å². The normalized spacial score (nSPS) is 26.4. The molecule has 0 amide bonds. The molecule has 18 heavy (non-hydrogen) atoms. The number of carboxylic acids is 1. The summed E-state index contributed by atoms with van der Waals surface area (Å²) in [7, 11) is 2.13. The van der Waals surface area contributed by atoms with Crippen LogP contribution in [-0.4, -0.2) is 53.1 Å². The van der Waals surface area contributed by atoms with Crippen LogP contribution in [0.25, 0.3) is 0 Å². The number of aromatic carboxylic acids is 1. The standard InChI is InChI=1S/C13H20N2O3/c1-9-6-15(7-10(2)14(9)3)8-12-11(13(16)17)4-5-18-12/h4-5,9-10H,6-8H2,1-3H3,(H,16,17). The van der Waals surface area contributed by atoms with E-state index in [1.807, 2.05) is 0 Å². The van der Waals surface area contributed by atoms with Crippen LogP contribution in [-0.2, 0) is 6.54 Å². The van der Waals surface area contributed by atoms with Crippen LogP contribution < -0.4 is 0 Å². The zero-order valence-corrected chi connectivity index (χ0v) is 11.1. The van der Waals surface area contributed by atoms with Crippen LogP contribution in [0, 0.1) is 0 Å². The first-order valence-corrected chi connectivity index (χ1v) is 6.23. The molecule has 0 aromatic carbocycles. The van der Waals surface area contributed by atoms with E-state index in [9.17, 15) is 4.79 Å². The molecule has 1 aliphatic heterocycles. The number of hydrogen-bond donors (Lipinski definition) is 1. The predicted octanol–water partition coefficient (Wildman–Crippen LogP) is 1.50. The fraction of sp³-hybridized carbons (Fsp3) is 0.615. The smallest absolute Gasteiger partial charge is 0.339 e. The number of likely N-dealkylation sites (N-methyl/N-ethyl adjacent to an activating group) is 1. The van der Waals surface area contributed by atoms with Crippen molar-refractivity contribution in [2.24, 2.45) is 0 Å². The second-order valence-electron chi connectivity index (χ2n) is 5.12. The molecule has 2 heterocycles. The Labute approximate surface area is 107 Å². The molecule has 5 nitrogen and oxygen atoms in total. The van der Waals surface area contributed by atoms with Crippen LogP contribution in [0.5, 0.6) is 0 Å². The Morgan fingerprint density at radius 1 is 1.44 bits per heavy atom. The van der Waals surface area contributed by atoms with Crippen molar-refractivity contribution in [3.05, 3.63) is 23.7 Å². The third kappa shape index (κ3) is 2.57. The Bertz CT molecular complexity index is 418. The second kappa shape index (κ2) is 5.12. The lowest BCUT2D eigenvalue weighted by Gasteiger charge is -2.42. The lowest BCUT2D eigenvalue weighted by atomic mass is 10.1. The maximum Gasteiger partial charge on any atom is 0.339 e. The summed E-state index contributed by atoms with van der Waals surface area (Å²) >= 11 is 0. The number of piperazine rings is 1. The molecule has 100 valence electrons. The van der Waals surface area contributed by atoms with Gasteiger partial charge in [-0.3, -0.25) is 9.80 Å². The van der Waals surface area contributed by atoms with E-state index in [1.54, 1.807) is 0 Å². The highest BCUT2D eigenvalue weighted by Gasteiger charge is 2.27. The van der Waals surface area contributed by atoms with Gasteiger partial charge in [0.15, 0.2) is 0 Å². The van der Waals surface area contributed by atoms with Gasteiger partial charge in [-0.2, -0.15) is 0 Å². The molecule has 0 saturated carbocycles. The average Bonchev–Trinajstić information content (AvgIpc) is 2.74. The Kier molecular flexibility index (Phi) is 3.73. The topological polar surface area (TPSA) is 56.9 Å². The number of carboxylic acid groups (broad SMARTS) is 1. The highest BCUT2D eigenvalue weighted by atomic mass is 16.4. The van der Waals surface area contributed by atoms with Crippen molar-refractivity contribution in [2.75, 3.05) is 20.1 Å². The van der Waals surface area contributed by atoms with E-state index in [4.69, 9.17) is 9.52 Å². The van der Waals surface area contributed by atoms with E-state index in [1.165, 1.54) is 12.3 Å². The predicted molar refractivity (Wildman–Crippen MR) is 67.6 cm³/mol. The van der Waals surface area contributed by atoms with E-state index in [0.29, 0.717) is 24.4 Å². The van der Waals surface area contributed by atoms with Crippen molar-refractivity contribution in [1.82, 2.24) is 9.80 Å². The first-order valence-electron chi connectivity index (χ1n) is 6.23. The van der Waals surface area contributed by atoms with Gasteiger partial charge in [0, 0.05) is 25.2 Å². The van der Waals surface area contributed by atoms with Crippen LogP contribution in [0.15, 0.2) is 16.7 Å². The van der Waals surface area contributed by atoms with Gasteiger partial charge in [-0.15, -0.1) is 0 Å². The lowest BCUT2D eigenvalue weighted by Crippen LogP contribution is -2.54. The molecule has 0 bridgehead atoms. The summed E-state index contributed by atoms with van der Waals surface area (Å²) in [6.45, 7) is 6.80. The number of hydrogen-bond acceptors (Lipinski definition) is 4. The minimum absolute atomic E-state index is 0.272. The summed E-state index contributed by atoms with van der Waals surface area (Å²) < 4.78 is 5.29.